The van der Waals surface area contributed by atoms with Gasteiger partial charge in [0.1, 0.15) is 11.5 Å². The average molecular weight is 384 g/mol. The molecule has 0 aliphatic carbocycles. The van der Waals surface area contributed by atoms with E-state index in [1.807, 2.05) is 24.3 Å². The van der Waals surface area contributed by atoms with Crippen LogP contribution in [0.5, 0.6) is 11.5 Å². The number of hydrogen-bond acceptors (Lipinski definition) is 4. The maximum absolute atomic E-state index is 12.5. The van der Waals surface area contributed by atoms with Crippen LogP contribution < -0.4 is 19.7 Å². The number of hydrogen-bond donors (Lipinski definition) is 1. The van der Waals surface area contributed by atoms with Crippen LogP contribution in [0.2, 0.25) is 0 Å². The summed E-state index contributed by atoms with van der Waals surface area (Å²) in [5.41, 5.74) is 2.47. The van der Waals surface area contributed by atoms with Crippen molar-refractivity contribution in [3.63, 3.8) is 0 Å². The molecule has 2 rings (SSSR count). The van der Waals surface area contributed by atoms with Gasteiger partial charge in [0.15, 0.2) is 0 Å². The fourth-order valence-corrected chi connectivity index (χ4v) is 2.83. The van der Waals surface area contributed by atoms with E-state index in [4.69, 9.17) is 9.47 Å². The lowest BCUT2D eigenvalue weighted by atomic mass is 10.0. The first-order valence-corrected chi connectivity index (χ1v) is 9.25. The zero-order valence-electron chi connectivity index (χ0n) is 17.1. The van der Waals surface area contributed by atoms with E-state index in [9.17, 15) is 9.59 Å². The number of rotatable bonds is 8. The maximum Gasteiger partial charge on any atom is 0.251 e. The highest BCUT2D eigenvalue weighted by Crippen LogP contribution is 2.23. The van der Waals surface area contributed by atoms with Crippen molar-refractivity contribution in [2.24, 2.45) is 0 Å². The highest BCUT2D eigenvalue weighted by molar-refractivity contribution is 5.95. The number of carbonyl (C=O) groups excluding carboxylic acids is 2. The molecule has 0 fully saturated rings. The molecule has 0 atom stereocenters. The van der Waals surface area contributed by atoms with Crippen molar-refractivity contribution in [2.75, 3.05) is 32.2 Å². The lowest BCUT2D eigenvalue weighted by Crippen LogP contribution is -2.37. The standard InChI is InChI=1S/C22H28N2O4/c1-15(2)17-6-8-19(9-7-17)24(16(3)25)11-10-23-22(26)18-12-20(27-4)14-21(13-18)28-5/h6-9,12-15H,10-11H2,1-5H3,(H,23,26). The largest absolute Gasteiger partial charge is 0.497 e. The molecule has 0 heterocycles. The van der Waals surface area contributed by atoms with Gasteiger partial charge in [0, 0.05) is 37.3 Å². The van der Waals surface area contributed by atoms with Crippen molar-refractivity contribution >= 4 is 17.5 Å². The first kappa shape index (κ1) is 21.3. The van der Waals surface area contributed by atoms with Crippen LogP contribution in [-0.2, 0) is 4.79 Å². The first-order chi connectivity index (χ1) is 13.3. The van der Waals surface area contributed by atoms with E-state index in [2.05, 4.69) is 19.2 Å². The van der Waals surface area contributed by atoms with Crippen LogP contribution in [-0.4, -0.2) is 39.1 Å². The van der Waals surface area contributed by atoms with Gasteiger partial charge in [-0.05, 0) is 35.7 Å². The second-order valence-corrected chi connectivity index (χ2v) is 6.77. The summed E-state index contributed by atoms with van der Waals surface area (Å²) in [5, 5.41) is 2.84. The molecule has 0 aliphatic heterocycles. The number of carbonyl (C=O) groups is 2. The third kappa shape index (κ3) is 5.49. The van der Waals surface area contributed by atoms with Crippen molar-refractivity contribution in [1.29, 1.82) is 0 Å². The molecule has 6 heteroatoms. The molecular weight excluding hydrogens is 356 g/mol. The van der Waals surface area contributed by atoms with Crippen molar-refractivity contribution in [3.05, 3.63) is 53.6 Å². The Morgan fingerprint density at radius 3 is 2.04 bits per heavy atom. The molecule has 0 saturated carbocycles. The Kier molecular flexibility index (Phi) is 7.44. The van der Waals surface area contributed by atoms with Crippen LogP contribution in [0.4, 0.5) is 5.69 Å². The summed E-state index contributed by atoms with van der Waals surface area (Å²) in [7, 11) is 3.07. The molecule has 150 valence electrons. The molecule has 1 N–H and O–H groups in total. The zero-order chi connectivity index (χ0) is 20.7. The minimum atomic E-state index is -0.254. The number of nitrogens with one attached hydrogen (secondary N) is 1. The van der Waals surface area contributed by atoms with Gasteiger partial charge in [0.2, 0.25) is 5.91 Å². The van der Waals surface area contributed by atoms with E-state index in [1.54, 1.807) is 23.1 Å². The molecule has 2 amide bonds. The van der Waals surface area contributed by atoms with Crippen LogP contribution in [0.1, 0.15) is 42.6 Å². The number of methoxy groups -OCH3 is 2. The average Bonchev–Trinajstić information content (AvgIpc) is 2.70. The first-order valence-electron chi connectivity index (χ1n) is 9.25. The van der Waals surface area contributed by atoms with Gasteiger partial charge in [-0.1, -0.05) is 26.0 Å². The van der Waals surface area contributed by atoms with Gasteiger partial charge in [-0.3, -0.25) is 9.59 Å². The normalized spacial score (nSPS) is 10.5. The molecule has 0 bridgehead atoms. The molecule has 0 aliphatic rings. The summed E-state index contributed by atoms with van der Waals surface area (Å²) in [6, 6.07) is 12.9. The Balaban J connectivity index is 2.03. The molecule has 0 radical (unpaired) electrons. The molecule has 0 saturated heterocycles. The van der Waals surface area contributed by atoms with E-state index < -0.39 is 0 Å². The third-order valence-electron chi connectivity index (χ3n) is 4.49. The second kappa shape index (κ2) is 9.78. The van der Waals surface area contributed by atoms with Gasteiger partial charge < -0.3 is 19.7 Å². The fraction of sp³-hybridized carbons (Fsp3) is 0.364. The van der Waals surface area contributed by atoms with Gasteiger partial charge in [0.05, 0.1) is 14.2 Å². The maximum atomic E-state index is 12.5. The van der Waals surface area contributed by atoms with Gasteiger partial charge in [0.25, 0.3) is 5.91 Å². The highest BCUT2D eigenvalue weighted by atomic mass is 16.5. The summed E-state index contributed by atoms with van der Waals surface area (Å²) in [5.74, 6) is 1.18. The Bertz CT molecular complexity index is 794. The highest BCUT2D eigenvalue weighted by Gasteiger charge is 2.14. The SMILES string of the molecule is COc1cc(OC)cc(C(=O)NCCN(C(C)=O)c2ccc(C(C)C)cc2)c1. The van der Waals surface area contributed by atoms with E-state index >= 15 is 0 Å². The number of nitrogens with zero attached hydrogens (tertiary/aromatic N) is 1. The third-order valence-corrected chi connectivity index (χ3v) is 4.49. The summed E-state index contributed by atoms with van der Waals surface area (Å²) < 4.78 is 10.4. The van der Waals surface area contributed by atoms with E-state index in [-0.39, 0.29) is 11.8 Å². The lowest BCUT2D eigenvalue weighted by Gasteiger charge is -2.22. The Morgan fingerprint density at radius 2 is 1.57 bits per heavy atom. The van der Waals surface area contributed by atoms with Crippen LogP contribution in [0.25, 0.3) is 0 Å². The van der Waals surface area contributed by atoms with Crippen LogP contribution in [0.3, 0.4) is 0 Å². The molecule has 2 aromatic carbocycles. The van der Waals surface area contributed by atoms with E-state index in [1.165, 1.54) is 26.7 Å². The Morgan fingerprint density at radius 1 is 1.00 bits per heavy atom. The van der Waals surface area contributed by atoms with Crippen LogP contribution in [0, 0.1) is 0 Å². The monoisotopic (exact) mass is 384 g/mol. The molecule has 0 aromatic heterocycles. The molecule has 2 aromatic rings. The van der Waals surface area contributed by atoms with Gasteiger partial charge in [-0.15, -0.1) is 0 Å². The zero-order valence-corrected chi connectivity index (χ0v) is 17.1. The smallest absolute Gasteiger partial charge is 0.251 e. The fourth-order valence-electron chi connectivity index (χ4n) is 2.83. The van der Waals surface area contributed by atoms with Gasteiger partial charge >= 0.3 is 0 Å². The summed E-state index contributed by atoms with van der Waals surface area (Å²) >= 11 is 0. The van der Waals surface area contributed by atoms with Crippen molar-refractivity contribution in [3.8, 4) is 11.5 Å². The number of anilines is 1. The number of ether oxygens (including phenoxy) is 2. The number of amides is 2. The van der Waals surface area contributed by atoms with Crippen molar-refractivity contribution < 1.29 is 19.1 Å². The van der Waals surface area contributed by atoms with Crippen LogP contribution in [0.15, 0.2) is 42.5 Å². The van der Waals surface area contributed by atoms with E-state index in [0.717, 1.165) is 5.69 Å². The van der Waals surface area contributed by atoms with E-state index in [0.29, 0.717) is 36.1 Å². The molecular formula is C22H28N2O4. The van der Waals surface area contributed by atoms with Crippen molar-refractivity contribution in [2.45, 2.75) is 26.7 Å². The van der Waals surface area contributed by atoms with Crippen LogP contribution >= 0.6 is 0 Å². The topological polar surface area (TPSA) is 67.9 Å². The number of benzene rings is 2. The van der Waals surface area contributed by atoms with Crippen molar-refractivity contribution in [1.82, 2.24) is 5.32 Å². The Labute approximate surface area is 166 Å². The predicted molar refractivity (Wildman–Crippen MR) is 110 cm³/mol. The quantitative estimate of drug-likeness (QED) is 0.755. The van der Waals surface area contributed by atoms with Gasteiger partial charge in [-0.25, -0.2) is 0 Å². The summed E-state index contributed by atoms with van der Waals surface area (Å²) in [6.07, 6.45) is 0. The molecule has 28 heavy (non-hydrogen) atoms. The molecule has 6 nitrogen and oxygen atoms in total. The summed E-state index contributed by atoms with van der Waals surface area (Å²) in [4.78, 5) is 26.2. The Hall–Kier alpha value is -3.02. The molecule has 0 spiro atoms. The molecule has 0 unspecified atom stereocenters. The minimum Gasteiger partial charge on any atom is -0.497 e. The minimum absolute atomic E-state index is 0.0744. The summed E-state index contributed by atoms with van der Waals surface area (Å²) in [6.45, 7) is 6.47. The second-order valence-electron chi connectivity index (χ2n) is 6.77. The van der Waals surface area contributed by atoms with Gasteiger partial charge in [-0.2, -0.15) is 0 Å². The predicted octanol–water partition coefficient (Wildman–Crippen LogP) is 3.61. The lowest BCUT2D eigenvalue weighted by molar-refractivity contribution is -0.116.